The molecule has 1 aromatic carbocycles. The quantitative estimate of drug-likeness (QED) is 0.865. The van der Waals surface area contributed by atoms with Crippen molar-refractivity contribution in [3.05, 3.63) is 40.9 Å². The number of aromatic amines is 1. The Kier molecular flexibility index (Phi) is 2.93. The van der Waals surface area contributed by atoms with Crippen molar-refractivity contribution in [1.82, 2.24) is 9.97 Å². The second-order valence-electron chi connectivity index (χ2n) is 4.30. The van der Waals surface area contributed by atoms with Crippen molar-refractivity contribution in [2.24, 2.45) is 0 Å². The van der Waals surface area contributed by atoms with Gasteiger partial charge in [-0.2, -0.15) is 0 Å². The monoisotopic (exact) mass is 254 g/mol. The fraction of sp³-hybridized carbons (Fsp3) is 0.250. The number of H-pyrrole nitrogens is 1. The standard InChI is InChI=1S/C12H12ClFN2O/c1-12(2,17)9-6-15-11(16-9)10-7(13)4-3-5-8(10)14/h3-6,17H,1-2H3,(H,15,16). The molecule has 0 amide bonds. The van der Waals surface area contributed by atoms with Crippen molar-refractivity contribution in [2.75, 3.05) is 0 Å². The highest BCUT2D eigenvalue weighted by Gasteiger charge is 2.20. The molecule has 0 unspecified atom stereocenters. The first-order valence-corrected chi connectivity index (χ1v) is 5.49. The van der Waals surface area contributed by atoms with E-state index in [1.54, 1.807) is 19.9 Å². The van der Waals surface area contributed by atoms with Gasteiger partial charge in [0.05, 0.1) is 22.5 Å². The molecule has 1 heterocycles. The highest BCUT2D eigenvalue weighted by molar-refractivity contribution is 6.33. The van der Waals surface area contributed by atoms with Crippen LogP contribution in [0.1, 0.15) is 19.5 Å². The summed E-state index contributed by atoms with van der Waals surface area (Å²) in [7, 11) is 0. The van der Waals surface area contributed by atoms with E-state index in [0.717, 1.165) is 0 Å². The third-order valence-corrected chi connectivity index (χ3v) is 2.75. The number of imidazole rings is 1. The molecule has 5 heteroatoms. The lowest BCUT2D eigenvalue weighted by atomic mass is 10.1. The van der Waals surface area contributed by atoms with E-state index in [1.807, 2.05) is 0 Å². The molecule has 0 aliphatic carbocycles. The van der Waals surface area contributed by atoms with E-state index < -0.39 is 11.4 Å². The van der Waals surface area contributed by atoms with Gasteiger partial charge in [0.25, 0.3) is 0 Å². The maximum atomic E-state index is 13.6. The van der Waals surface area contributed by atoms with Crippen molar-refractivity contribution in [3.8, 4) is 11.4 Å². The zero-order chi connectivity index (χ0) is 12.6. The van der Waals surface area contributed by atoms with Crippen LogP contribution in [-0.4, -0.2) is 15.1 Å². The van der Waals surface area contributed by atoms with E-state index in [0.29, 0.717) is 11.5 Å². The van der Waals surface area contributed by atoms with Crippen LogP contribution in [0, 0.1) is 5.82 Å². The number of hydrogen-bond acceptors (Lipinski definition) is 2. The number of benzene rings is 1. The molecule has 0 fully saturated rings. The predicted molar refractivity (Wildman–Crippen MR) is 64.2 cm³/mol. The molecule has 3 nitrogen and oxygen atoms in total. The highest BCUT2D eigenvalue weighted by atomic mass is 35.5. The summed E-state index contributed by atoms with van der Waals surface area (Å²) in [5.74, 6) is -0.139. The fourth-order valence-corrected chi connectivity index (χ4v) is 1.74. The Morgan fingerprint density at radius 3 is 2.65 bits per heavy atom. The Balaban J connectivity index is 2.51. The van der Waals surface area contributed by atoms with Crippen LogP contribution in [0.5, 0.6) is 0 Å². The number of hydrogen-bond donors (Lipinski definition) is 2. The molecule has 2 rings (SSSR count). The number of nitrogens with one attached hydrogen (secondary N) is 1. The second-order valence-corrected chi connectivity index (χ2v) is 4.71. The molecule has 0 saturated carbocycles. The highest BCUT2D eigenvalue weighted by Crippen LogP contribution is 2.29. The van der Waals surface area contributed by atoms with Crippen LogP contribution in [0.15, 0.2) is 24.4 Å². The minimum absolute atomic E-state index is 0.213. The van der Waals surface area contributed by atoms with E-state index >= 15 is 0 Å². The van der Waals surface area contributed by atoms with E-state index in [1.165, 1.54) is 18.3 Å². The van der Waals surface area contributed by atoms with Crippen molar-refractivity contribution in [2.45, 2.75) is 19.4 Å². The molecule has 0 spiro atoms. The third-order valence-electron chi connectivity index (χ3n) is 2.43. The molecule has 90 valence electrons. The molecule has 0 bridgehead atoms. The molecule has 2 N–H and O–H groups in total. The molecule has 0 radical (unpaired) electrons. The minimum Gasteiger partial charge on any atom is -0.384 e. The van der Waals surface area contributed by atoms with Gasteiger partial charge in [0.2, 0.25) is 0 Å². The first kappa shape index (κ1) is 12.1. The molecule has 0 aliphatic heterocycles. The zero-order valence-electron chi connectivity index (χ0n) is 9.46. The number of nitrogens with zero attached hydrogens (tertiary/aromatic N) is 1. The van der Waals surface area contributed by atoms with Crippen LogP contribution in [0.4, 0.5) is 4.39 Å². The first-order chi connectivity index (χ1) is 7.89. The summed E-state index contributed by atoms with van der Waals surface area (Å²) in [5.41, 5.74) is -0.334. The summed E-state index contributed by atoms with van der Waals surface area (Å²) < 4.78 is 13.6. The lowest BCUT2D eigenvalue weighted by Gasteiger charge is -2.14. The van der Waals surface area contributed by atoms with Crippen LogP contribution >= 0.6 is 11.6 Å². The normalized spacial score (nSPS) is 11.8. The Bertz CT molecular complexity index is 525. The average molecular weight is 255 g/mol. The summed E-state index contributed by atoms with van der Waals surface area (Å²) in [6.07, 6.45) is 1.47. The topological polar surface area (TPSA) is 48.9 Å². The maximum Gasteiger partial charge on any atom is 0.142 e. The average Bonchev–Trinajstić information content (AvgIpc) is 2.65. The largest absolute Gasteiger partial charge is 0.384 e. The van der Waals surface area contributed by atoms with Gasteiger partial charge in [-0.3, -0.25) is 0 Å². The van der Waals surface area contributed by atoms with Gasteiger partial charge in [-0.1, -0.05) is 17.7 Å². The molecule has 0 aliphatic rings. The van der Waals surface area contributed by atoms with Gasteiger partial charge in [-0.25, -0.2) is 9.37 Å². The van der Waals surface area contributed by atoms with Crippen LogP contribution in [0.3, 0.4) is 0 Å². The van der Waals surface area contributed by atoms with Crippen molar-refractivity contribution >= 4 is 11.6 Å². The van der Waals surface area contributed by atoms with Gasteiger partial charge in [0.1, 0.15) is 17.2 Å². The lowest BCUT2D eigenvalue weighted by molar-refractivity contribution is 0.0744. The van der Waals surface area contributed by atoms with E-state index in [9.17, 15) is 9.50 Å². The van der Waals surface area contributed by atoms with Gasteiger partial charge in [-0.05, 0) is 26.0 Å². The number of aromatic nitrogens is 2. The first-order valence-electron chi connectivity index (χ1n) is 5.12. The molecule has 0 atom stereocenters. The smallest absolute Gasteiger partial charge is 0.142 e. The molecule has 1 aromatic heterocycles. The Labute approximate surface area is 103 Å². The maximum absolute atomic E-state index is 13.6. The molecular weight excluding hydrogens is 243 g/mol. The Morgan fingerprint density at radius 2 is 2.12 bits per heavy atom. The van der Waals surface area contributed by atoms with E-state index in [2.05, 4.69) is 9.97 Å². The van der Waals surface area contributed by atoms with E-state index in [-0.39, 0.29) is 10.6 Å². The van der Waals surface area contributed by atoms with Gasteiger partial charge in [0.15, 0.2) is 0 Å². The summed E-state index contributed by atoms with van der Waals surface area (Å²) in [4.78, 5) is 6.90. The molecule has 17 heavy (non-hydrogen) atoms. The summed E-state index contributed by atoms with van der Waals surface area (Å²) in [6, 6.07) is 4.43. The predicted octanol–water partition coefficient (Wildman–Crippen LogP) is 3.10. The fourth-order valence-electron chi connectivity index (χ4n) is 1.48. The number of halogens is 2. The van der Waals surface area contributed by atoms with Gasteiger partial charge < -0.3 is 10.1 Å². The Morgan fingerprint density at radius 1 is 1.41 bits per heavy atom. The summed E-state index contributed by atoms with van der Waals surface area (Å²) in [5, 5.41) is 10.1. The minimum atomic E-state index is -1.05. The second kappa shape index (κ2) is 4.13. The summed E-state index contributed by atoms with van der Waals surface area (Å²) >= 11 is 5.93. The Hall–Kier alpha value is -1.39. The summed E-state index contributed by atoms with van der Waals surface area (Å²) in [6.45, 7) is 3.24. The van der Waals surface area contributed by atoms with Crippen LogP contribution < -0.4 is 0 Å². The van der Waals surface area contributed by atoms with Gasteiger partial charge in [0, 0.05) is 0 Å². The zero-order valence-corrected chi connectivity index (χ0v) is 10.2. The SMILES string of the molecule is CC(C)(O)c1cnc(-c2c(F)cccc2Cl)[nH]1. The molecule has 2 aromatic rings. The van der Waals surface area contributed by atoms with Gasteiger partial charge >= 0.3 is 0 Å². The van der Waals surface area contributed by atoms with Gasteiger partial charge in [-0.15, -0.1) is 0 Å². The van der Waals surface area contributed by atoms with Crippen LogP contribution in [0.25, 0.3) is 11.4 Å². The molecular formula is C12H12ClFN2O. The van der Waals surface area contributed by atoms with Crippen molar-refractivity contribution in [1.29, 1.82) is 0 Å². The van der Waals surface area contributed by atoms with Crippen molar-refractivity contribution in [3.63, 3.8) is 0 Å². The number of aliphatic hydroxyl groups is 1. The van der Waals surface area contributed by atoms with E-state index in [4.69, 9.17) is 11.6 Å². The number of rotatable bonds is 2. The van der Waals surface area contributed by atoms with Crippen LogP contribution in [0.2, 0.25) is 5.02 Å². The third kappa shape index (κ3) is 2.33. The van der Waals surface area contributed by atoms with Crippen LogP contribution in [-0.2, 0) is 5.60 Å². The molecule has 0 saturated heterocycles. The lowest BCUT2D eigenvalue weighted by Crippen LogP contribution is -2.15. The van der Waals surface area contributed by atoms with Crippen molar-refractivity contribution < 1.29 is 9.50 Å².